The fourth-order valence-corrected chi connectivity index (χ4v) is 2.73. The van der Waals surface area contributed by atoms with E-state index in [0.29, 0.717) is 12.8 Å². The van der Waals surface area contributed by atoms with E-state index in [0.717, 1.165) is 14.9 Å². The van der Waals surface area contributed by atoms with Crippen molar-refractivity contribution in [1.82, 2.24) is 4.90 Å². The van der Waals surface area contributed by atoms with Gasteiger partial charge in [0.25, 0.3) is 0 Å². The zero-order valence-electron chi connectivity index (χ0n) is 10.1. The molecule has 5 nitrogen and oxygen atoms in total. The predicted octanol–water partition coefficient (Wildman–Crippen LogP) is 2.44. The molecule has 0 spiro atoms. The van der Waals surface area contributed by atoms with E-state index < -0.39 is 18.1 Å². The van der Waals surface area contributed by atoms with Gasteiger partial charge in [-0.05, 0) is 36.5 Å². The van der Waals surface area contributed by atoms with Crippen LogP contribution < -0.4 is 0 Å². The topological polar surface area (TPSA) is 77.8 Å². The molecule has 102 valence electrons. The summed E-state index contributed by atoms with van der Waals surface area (Å²) in [5.41, 5.74) is 1.09. The molecule has 0 aliphatic carbocycles. The second kappa shape index (κ2) is 5.61. The summed E-state index contributed by atoms with van der Waals surface area (Å²) >= 11 is 3.35. The lowest BCUT2D eigenvalue weighted by Crippen LogP contribution is -2.39. The van der Waals surface area contributed by atoms with E-state index in [4.69, 9.17) is 10.2 Å². The van der Waals surface area contributed by atoms with Gasteiger partial charge in [0.05, 0.1) is 0 Å². The van der Waals surface area contributed by atoms with Crippen LogP contribution in [0, 0.1) is 5.92 Å². The summed E-state index contributed by atoms with van der Waals surface area (Å²) in [5.74, 6) is -1.01. The van der Waals surface area contributed by atoms with Crippen molar-refractivity contribution in [3.05, 3.63) is 34.3 Å². The lowest BCUT2D eigenvalue weighted by Gasteiger charge is -2.16. The van der Waals surface area contributed by atoms with Crippen molar-refractivity contribution in [1.29, 1.82) is 0 Å². The average Bonchev–Trinajstić information content (AvgIpc) is 2.76. The van der Waals surface area contributed by atoms with Gasteiger partial charge in [-0.2, -0.15) is 0 Å². The zero-order valence-corrected chi connectivity index (χ0v) is 11.7. The fourth-order valence-electron chi connectivity index (χ4n) is 2.47. The Balaban J connectivity index is 2.05. The third-order valence-corrected chi connectivity index (χ3v) is 3.88. The molecule has 2 rings (SSSR count). The standard InChI is InChI=1S/C13H14BrNO4/c14-10-3-1-8(2-4-10)5-9-6-11(12(16)17)15(7-9)13(18)19/h1-4,9,11H,5-7H2,(H,16,17)(H,18,19)/t9-,11+/m0/s1. The summed E-state index contributed by atoms with van der Waals surface area (Å²) in [4.78, 5) is 23.1. The van der Waals surface area contributed by atoms with Gasteiger partial charge in [-0.25, -0.2) is 9.59 Å². The Kier molecular flexibility index (Phi) is 4.09. The lowest BCUT2D eigenvalue weighted by atomic mass is 9.97. The molecule has 1 aromatic rings. The Hall–Kier alpha value is -1.56. The summed E-state index contributed by atoms with van der Waals surface area (Å²) in [5, 5.41) is 18.1. The van der Waals surface area contributed by atoms with E-state index in [-0.39, 0.29) is 12.5 Å². The number of hydrogen-bond acceptors (Lipinski definition) is 2. The summed E-state index contributed by atoms with van der Waals surface area (Å²) in [6.45, 7) is 0.280. The largest absolute Gasteiger partial charge is 0.480 e. The van der Waals surface area contributed by atoms with Crippen molar-refractivity contribution in [2.45, 2.75) is 18.9 Å². The minimum atomic E-state index is -1.16. The molecule has 2 N–H and O–H groups in total. The molecule has 1 aromatic carbocycles. The highest BCUT2D eigenvalue weighted by molar-refractivity contribution is 9.10. The van der Waals surface area contributed by atoms with Crippen molar-refractivity contribution >= 4 is 28.0 Å². The highest BCUT2D eigenvalue weighted by Gasteiger charge is 2.39. The molecular weight excluding hydrogens is 314 g/mol. The molecular formula is C13H14BrNO4. The Bertz CT molecular complexity index is 466. The summed E-state index contributed by atoms with van der Waals surface area (Å²) in [6.07, 6.45) is -0.0934. The molecule has 19 heavy (non-hydrogen) atoms. The van der Waals surface area contributed by atoms with Gasteiger partial charge in [-0.3, -0.25) is 4.90 Å². The van der Waals surface area contributed by atoms with Crippen LogP contribution in [0.15, 0.2) is 28.7 Å². The monoisotopic (exact) mass is 327 g/mol. The Morgan fingerprint density at radius 3 is 2.37 bits per heavy atom. The molecule has 1 heterocycles. The van der Waals surface area contributed by atoms with E-state index >= 15 is 0 Å². The number of carboxylic acids is 1. The van der Waals surface area contributed by atoms with Gasteiger partial charge < -0.3 is 10.2 Å². The summed E-state index contributed by atoms with van der Waals surface area (Å²) in [6, 6.07) is 6.85. The minimum absolute atomic E-state index is 0.0541. The van der Waals surface area contributed by atoms with Crippen LogP contribution in [0.5, 0.6) is 0 Å². The molecule has 1 amide bonds. The van der Waals surface area contributed by atoms with Gasteiger partial charge in [-0.1, -0.05) is 28.1 Å². The van der Waals surface area contributed by atoms with Crippen LogP contribution in [0.2, 0.25) is 0 Å². The molecule has 0 unspecified atom stereocenters. The van der Waals surface area contributed by atoms with Crippen molar-refractivity contribution < 1.29 is 19.8 Å². The molecule has 0 aromatic heterocycles. The number of likely N-dealkylation sites (tertiary alicyclic amines) is 1. The van der Waals surface area contributed by atoms with Crippen LogP contribution in [0.1, 0.15) is 12.0 Å². The molecule has 0 bridgehead atoms. The summed E-state index contributed by atoms with van der Waals surface area (Å²) < 4.78 is 0.984. The maximum atomic E-state index is 11.0. The molecule has 0 saturated carbocycles. The Morgan fingerprint density at radius 2 is 1.89 bits per heavy atom. The molecule has 2 atom stereocenters. The first-order valence-corrected chi connectivity index (χ1v) is 6.73. The maximum absolute atomic E-state index is 11.0. The van der Waals surface area contributed by atoms with E-state index in [2.05, 4.69) is 15.9 Å². The second-order valence-electron chi connectivity index (χ2n) is 4.72. The van der Waals surface area contributed by atoms with Crippen molar-refractivity contribution in [3.8, 4) is 0 Å². The van der Waals surface area contributed by atoms with E-state index in [1.165, 1.54) is 0 Å². The van der Waals surface area contributed by atoms with Crippen molar-refractivity contribution in [3.63, 3.8) is 0 Å². The quantitative estimate of drug-likeness (QED) is 0.893. The number of nitrogens with zero attached hydrogens (tertiary/aromatic N) is 1. The van der Waals surface area contributed by atoms with Crippen LogP contribution >= 0.6 is 15.9 Å². The van der Waals surface area contributed by atoms with E-state index in [1.807, 2.05) is 24.3 Å². The second-order valence-corrected chi connectivity index (χ2v) is 5.64. The number of rotatable bonds is 3. The Labute approximate surface area is 119 Å². The van der Waals surface area contributed by atoms with Crippen LogP contribution in [0.25, 0.3) is 0 Å². The van der Waals surface area contributed by atoms with Crippen LogP contribution in [0.4, 0.5) is 4.79 Å². The van der Waals surface area contributed by atoms with Crippen LogP contribution in [0.3, 0.4) is 0 Å². The maximum Gasteiger partial charge on any atom is 0.408 e. The predicted molar refractivity (Wildman–Crippen MR) is 72.1 cm³/mol. The van der Waals surface area contributed by atoms with Gasteiger partial charge in [0, 0.05) is 11.0 Å². The zero-order chi connectivity index (χ0) is 14.0. The Morgan fingerprint density at radius 1 is 1.26 bits per heavy atom. The molecule has 0 radical (unpaired) electrons. The lowest BCUT2D eigenvalue weighted by molar-refractivity contribution is -0.141. The number of carboxylic acid groups (broad SMARTS) is 2. The van der Waals surface area contributed by atoms with E-state index in [1.54, 1.807) is 0 Å². The molecule has 1 aliphatic rings. The SMILES string of the molecule is O=C(O)[C@H]1C[C@H](Cc2ccc(Br)cc2)CN1C(=O)O. The number of carbonyl (C=O) groups is 2. The minimum Gasteiger partial charge on any atom is -0.480 e. The van der Waals surface area contributed by atoms with Gasteiger partial charge >= 0.3 is 12.1 Å². The van der Waals surface area contributed by atoms with Gasteiger partial charge in [0.2, 0.25) is 0 Å². The van der Waals surface area contributed by atoms with Gasteiger partial charge in [0.1, 0.15) is 6.04 Å². The average molecular weight is 328 g/mol. The first kappa shape index (κ1) is 13.9. The number of benzene rings is 1. The molecule has 1 saturated heterocycles. The first-order valence-electron chi connectivity index (χ1n) is 5.94. The van der Waals surface area contributed by atoms with Crippen LogP contribution in [-0.2, 0) is 11.2 Å². The number of halogens is 1. The normalized spacial score (nSPS) is 22.5. The third kappa shape index (κ3) is 3.26. The van der Waals surface area contributed by atoms with Gasteiger partial charge in [-0.15, -0.1) is 0 Å². The third-order valence-electron chi connectivity index (χ3n) is 3.36. The van der Waals surface area contributed by atoms with Gasteiger partial charge in [0.15, 0.2) is 0 Å². The number of amides is 1. The smallest absolute Gasteiger partial charge is 0.408 e. The first-order chi connectivity index (χ1) is 8.97. The summed E-state index contributed by atoms with van der Waals surface area (Å²) in [7, 11) is 0. The highest BCUT2D eigenvalue weighted by Crippen LogP contribution is 2.27. The number of hydrogen-bond donors (Lipinski definition) is 2. The highest BCUT2D eigenvalue weighted by atomic mass is 79.9. The van der Waals surface area contributed by atoms with Crippen molar-refractivity contribution in [2.24, 2.45) is 5.92 Å². The van der Waals surface area contributed by atoms with Crippen LogP contribution in [-0.4, -0.2) is 39.8 Å². The molecule has 1 aliphatic heterocycles. The number of aliphatic carboxylic acids is 1. The fraction of sp³-hybridized carbons (Fsp3) is 0.385. The van der Waals surface area contributed by atoms with E-state index in [9.17, 15) is 9.59 Å². The molecule has 6 heteroatoms. The molecule has 1 fully saturated rings. The van der Waals surface area contributed by atoms with Crippen molar-refractivity contribution in [2.75, 3.05) is 6.54 Å².